The molecule has 1 aromatic heterocycles. The molecule has 0 spiro atoms. The molecule has 1 saturated heterocycles. The maximum atomic E-state index is 13.1. The number of amides is 1. The van der Waals surface area contributed by atoms with Crippen LogP contribution >= 0.6 is 35.6 Å². The summed E-state index contributed by atoms with van der Waals surface area (Å²) in [5.41, 5.74) is 1.84. The van der Waals surface area contributed by atoms with Crippen LogP contribution in [0.5, 0.6) is 5.75 Å². The molecular formula is C21H14ClN3O4S2. The van der Waals surface area contributed by atoms with Gasteiger partial charge in [-0.15, -0.1) is 0 Å². The lowest BCUT2D eigenvalue weighted by Crippen LogP contribution is -2.27. The highest BCUT2D eigenvalue weighted by Crippen LogP contribution is 2.38. The number of carbonyl (C=O) groups excluding carboxylic acids is 1. The molecule has 4 rings (SSSR count). The molecule has 10 heteroatoms. The van der Waals surface area contributed by atoms with Gasteiger partial charge in [-0.25, -0.2) is 0 Å². The van der Waals surface area contributed by atoms with E-state index in [0.717, 1.165) is 0 Å². The Labute approximate surface area is 192 Å². The van der Waals surface area contributed by atoms with Gasteiger partial charge in [-0.3, -0.25) is 19.8 Å². The number of hydrogen-bond donors (Lipinski definition) is 0. The number of rotatable bonds is 5. The summed E-state index contributed by atoms with van der Waals surface area (Å²) < 4.78 is 7.30. The second kappa shape index (κ2) is 8.54. The number of hydrogen-bond acceptors (Lipinski definition) is 6. The van der Waals surface area contributed by atoms with Crippen molar-refractivity contribution in [2.75, 3.05) is 12.0 Å². The Balaban J connectivity index is 1.67. The maximum absolute atomic E-state index is 13.1. The van der Waals surface area contributed by atoms with Gasteiger partial charge in [0.1, 0.15) is 5.75 Å². The molecule has 2 heterocycles. The fourth-order valence-electron chi connectivity index (χ4n) is 3.12. The van der Waals surface area contributed by atoms with Crippen LogP contribution in [0.2, 0.25) is 5.02 Å². The number of benzene rings is 2. The fraction of sp³-hybridized carbons (Fsp3) is 0.0476. The zero-order chi connectivity index (χ0) is 22.1. The molecule has 2 aromatic carbocycles. The van der Waals surface area contributed by atoms with Gasteiger partial charge in [0.15, 0.2) is 4.32 Å². The van der Waals surface area contributed by atoms with Gasteiger partial charge in [-0.1, -0.05) is 41.6 Å². The number of methoxy groups -OCH3 is 1. The van der Waals surface area contributed by atoms with Crippen LogP contribution in [0.4, 0.5) is 11.4 Å². The number of ether oxygens (including phenoxy) is 1. The van der Waals surface area contributed by atoms with Crippen LogP contribution in [0.1, 0.15) is 5.69 Å². The Morgan fingerprint density at radius 3 is 2.68 bits per heavy atom. The van der Waals surface area contributed by atoms with Gasteiger partial charge in [-0.05, 0) is 42.5 Å². The van der Waals surface area contributed by atoms with Crippen molar-refractivity contribution in [3.63, 3.8) is 0 Å². The van der Waals surface area contributed by atoms with Crippen molar-refractivity contribution in [2.45, 2.75) is 0 Å². The van der Waals surface area contributed by atoms with E-state index < -0.39 is 4.92 Å². The van der Waals surface area contributed by atoms with Crippen molar-refractivity contribution >= 4 is 63.3 Å². The molecule has 1 amide bonds. The standard InChI is InChI=1S/C21H14ClN3O4S2/c1-29-18-8-7-15(11-17(18)22)24-20(26)19(31-21(24)30)12-14-6-3-9-23(14)13-4-2-5-16(10-13)25(27)28/h2-12H,1H3/b19-12-. The van der Waals surface area contributed by atoms with E-state index in [2.05, 4.69) is 0 Å². The Morgan fingerprint density at radius 2 is 1.97 bits per heavy atom. The Kier molecular flexibility index (Phi) is 5.81. The molecule has 1 fully saturated rings. The molecule has 0 radical (unpaired) electrons. The van der Waals surface area contributed by atoms with E-state index in [0.29, 0.717) is 37.1 Å². The van der Waals surface area contributed by atoms with Gasteiger partial charge in [0.25, 0.3) is 11.6 Å². The van der Waals surface area contributed by atoms with E-state index in [1.54, 1.807) is 53.2 Å². The minimum atomic E-state index is -0.447. The predicted molar refractivity (Wildman–Crippen MR) is 126 cm³/mol. The maximum Gasteiger partial charge on any atom is 0.271 e. The Morgan fingerprint density at radius 1 is 1.16 bits per heavy atom. The van der Waals surface area contributed by atoms with Gasteiger partial charge < -0.3 is 9.30 Å². The van der Waals surface area contributed by atoms with Crippen LogP contribution < -0.4 is 9.64 Å². The molecule has 3 aromatic rings. The summed E-state index contributed by atoms with van der Waals surface area (Å²) in [6, 6.07) is 14.9. The highest BCUT2D eigenvalue weighted by molar-refractivity contribution is 8.27. The van der Waals surface area contributed by atoms with Crippen molar-refractivity contribution in [1.29, 1.82) is 0 Å². The third-order valence-corrected chi connectivity index (χ3v) is 6.16. The van der Waals surface area contributed by atoms with E-state index >= 15 is 0 Å². The molecule has 0 saturated carbocycles. The minimum absolute atomic E-state index is 0.0140. The smallest absolute Gasteiger partial charge is 0.271 e. The molecule has 1 aliphatic heterocycles. The molecular weight excluding hydrogens is 458 g/mol. The van der Waals surface area contributed by atoms with Crippen LogP contribution in [0.25, 0.3) is 11.8 Å². The number of thiocarbonyl (C=S) groups is 1. The van der Waals surface area contributed by atoms with Crippen molar-refractivity contribution in [2.24, 2.45) is 0 Å². The highest BCUT2D eigenvalue weighted by atomic mass is 35.5. The minimum Gasteiger partial charge on any atom is -0.495 e. The summed E-state index contributed by atoms with van der Waals surface area (Å²) in [6.07, 6.45) is 3.48. The first-order valence-electron chi connectivity index (χ1n) is 8.92. The van der Waals surface area contributed by atoms with Gasteiger partial charge >= 0.3 is 0 Å². The number of nitro groups is 1. The SMILES string of the molecule is COc1ccc(N2C(=O)/C(=C/c3cccn3-c3cccc([N+](=O)[O-])c3)SC2=S)cc1Cl. The summed E-state index contributed by atoms with van der Waals surface area (Å²) in [5, 5.41) is 11.5. The van der Waals surface area contributed by atoms with E-state index in [1.807, 2.05) is 6.07 Å². The first kappa shape index (κ1) is 21.1. The first-order valence-corrected chi connectivity index (χ1v) is 10.5. The van der Waals surface area contributed by atoms with Crippen LogP contribution in [-0.2, 0) is 4.79 Å². The van der Waals surface area contributed by atoms with E-state index in [4.69, 9.17) is 28.6 Å². The third kappa shape index (κ3) is 4.07. The molecule has 0 N–H and O–H groups in total. The summed E-state index contributed by atoms with van der Waals surface area (Å²) >= 11 is 12.8. The number of nitrogens with zero attached hydrogens (tertiary/aromatic N) is 3. The molecule has 1 aliphatic rings. The zero-order valence-corrected chi connectivity index (χ0v) is 18.4. The predicted octanol–water partition coefficient (Wildman–Crippen LogP) is 5.45. The molecule has 0 atom stereocenters. The number of carbonyl (C=O) groups is 1. The van der Waals surface area contributed by atoms with E-state index in [9.17, 15) is 14.9 Å². The molecule has 31 heavy (non-hydrogen) atoms. The second-order valence-corrected chi connectivity index (χ2v) is 8.50. The monoisotopic (exact) mass is 471 g/mol. The zero-order valence-electron chi connectivity index (χ0n) is 16.0. The number of thioether (sulfide) groups is 1. The van der Waals surface area contributed by atoms with E-state index in [-0.39, 0.29) is 11.6 Å². The number of aromatic nitrogens is 1. The van der Waals surface area contributed by atoms with Crippen molar-refractivity contribution < 1.29 is 14.5 Å². The average Bonchev–Trinajstić information content (AvgIpc) is 3.32. The lowest BCUT2D eigenvalue weighted by molar-refractivity contribution is -0.384. The third-order valence-electron chi connectivity index (χ3n) is 4.57. The van der Waals surface area contributed by atoms with Crippen LogP contribution in [0.15, 0.2) is 65.7 Å². The van der Waals surface area contributed by atoms with Gasteiger partial charge in [0, 0.05) is 24.0 Å². The van der Waals surface area contributed by atoms with Crippen LogP contribution in [0.3, 0.4) is 0 Å². The number of anilines is 1. The first-order chi connectivity index (χ1) is 14.9. The lowest BCUT2D eigenvalue weighted by Gasteiger charge is -2.15. The number of halogens is 1. The summed E-state index contributed by atoms with van der Waals surface area (Å²) in [4.78, 5) is 25.6. The summed E-state index contributed by atoms with van der Waals surface area (Å²) in [5.74, 6) is 0.226. The molecule has 0 bridgehead atoms. The number of nitro benzene ring substituents is 1. The van der Waals surface area contributed by atoms with Gasteiger partial charge in [-0.2, -0.15) is 0 Å². The largest absolute Gasteiger partial charge is 0.495 e. The molecule has 156 valence electrons. The fourth-order valence-corrected chi connectivity index (χ4v) is 4.66. The van der Waals surface area contributed by atoms with Gasteiger partial charge in [0.05, 0.1) is 33.3 Å². The normalized spacial score (nSPS) is 15.0. The Bertz CT molecular complexity index is 1250. The Hall–Kier alpha value is -3.14. The van der Waals surface area contributed by atoms with Crippen LogP contribution in [-0.4, -0.2) is 26.8 Å². The summed E-state index contributed by atoms with van der Waals surface area (Å²) in [6.45, 7) is 0. The topological polar surface area (TPSA) is 77.6 Å². The summed E-state index contributed by atoms with van der Waals surface area (Å²) in [7, 11) is 1.51. The van der Waals surface area contributed by atoms with Crippen LogP contribution in [0, 0.1) is 10.1 Å². The average molecular weight is 472 g/mol. The van der Waals surface area contributed by atoms with Crippen molar-refractivity contribution in [1.82, 2.24) is 4.57 Å². The molecule has 0 aliphatic carbocycles. The van der Waals surface area contributed by atoms with Crippen molar-refractivity contribution in [3.05, 3.63) is 86.5 Å². The van der Waals surface area contributed by atoms with Crippen molar-refractivity contribution in [3.8, 4) is 11.4 Å². The molecule has 0 unspecified atom stereocenters. The van der Waals surface area contributed by atoms with E-state index in [1.165, 1.54) is 35.9 Å². The highest BCUT2D eigenvalue weighted by Gasteiger charge is 2.34. The lowest BCUT2D eigenvalue weighted by atomic mass is 10.2. The van der Waals surface area contributed by atoms with Gasteiger partial charge in [0.2, 0.25) is 0 Å². The second-order valence-electron chi connectivity index (χ2n) is 6.42. The quantitative estimate of drug-likeness (QED) is 0.213. The number of non-ortho nitro benzene ring substituents is 1. The molecule has 7 nitrogen and oxygen atoms in total.